The summed E-state index contributed by atoms with van der Waals surface area (Å²) in [6.45, 7) is 3.45. The molecule has 25 heavy (non-hydrogen) atoms. The van der Waals surface area contributed by atoms with Crippen LogP contribution in [0.15, 0.2) is 54.3 Å². The van der Waals surface area contributed by atoms with E-state index in [2.05, 4.69) is 0 Å². The van der Waals surface area contributed by atoms with Crippen LogP contribution in [0.2, 0.25) is 0 Å². The molecule has 6 heteroatoms. The minimum absolute atomic E-state index is 0.0717. The Kier molecular flexibility index (Phi) is 6.98. The van der Waals surface area contributed by atoms with E-state index >= 15 is 0 Å². The summed E-state index contributed by atoms with van der Waals surface area (Å²) in [6.07, 6.45) is 2.67. The fourth-order valence-corrected chi connectivity index (χ4v) is 2.24. The first-order valence-electron chi connectivity index (χ1n) is 8.12. The molecule has 0 aromatic heterocycles. The highest BCUT2D eigenvalue weighted by atomic mass is 16.6. The predicted octanol–water partition coefficient (Wildman–Crippen LogP) is 3.90. The van der Waals surface area contributed by atoms with Gasteiger partial charge >= 0.3 is 0 Å². The smallest absolute Gasteiger partial charge is 0.269 e. The Morgan fingerprint density at radius 2 is 1.84 bits per heavy atom. The Morgan fingerprint density at radius 3 is 2.40 bits per heavy atom. The van der Waals surface area contributed by atoms with Crippen LogP contribution in [0.25, 0.3) is 6.08 Å². The van der Waals surface area contributed by atoms with Crippen molar-refractivity contribution in [3.8, 4) is 5.75 Å². The second-order valence-electron chi connectivity index (χ2n) is 5.36. The number of nitrogens with zero attached hydrogens (tertiary/aromatic N) is 1. The number of nitro benzene ring substituents is 1. The average molecular weight is 342 g/mol. The summed E-state index contributed by atoms with van der Waals surface area (Å²) in [5, 5.41) is 10.6. The lowest BCUT2D eigenvalue weighted by molar-refractivity contribution is -0.384. The lowest BCUT2D eigenvalue weighted by Gasteiger charge is -2.09. The topological polar surface area (TPSA) is 87.6 Å². The summed E-state index contributed by atoms with van der Waals surface area (Å²) in [5.41, 5.74) is 7.54. The molecular formula is C19H22N2O4. The van der Waals surface area contributed by atoms with E-state index in [4.69, 9.17) is 15.2 Å². The fraction of sp³-hybridized carbons (Fsp3) is 0.263. The average Bonchev–Trinajstić information content (AvgIpc) is 2.62. The number of nitro groups is 1. The number of ether oxygens (including phenoxy) is 2. The Bertz CT molecular complexity index is 701. The maximum absolute atomic E-state index is 10.6. The molecule has 0 aliphatic carbocycles. The van der Waals surface area contributed by atoms with Gasteiger partial charge in [0, 0.05) is 18.6 Å². The number of non-ortho nitro benzene ring substituents is 1. The first kappa shape index (κ1) is 18.5. The van der Waals surface area contributed by atoms with Crippen LogP contribution in [-0.2, 0) is 11.3 Å². The third-order valence-corrected chi connectivity index (χ3v) is 3.48. The van der Waals surface area contributed by atoms with Crippen LogP contribution in [0.5, 0.6) is 5.75 Å². The zero-order valence-corrected chi connectivity index (χ0v) is 14.2. The second kappa shape index (κ2) is 9.44. The highest BCUT2D eigenvalue weighted by Crippen LogP contribution is 2.18. The van der Waals surface area contributed by atoms with E-state index in [-0.39, 0.29) is 5.69 Å². The molecule has 0 saturated carbocycles. The molecular weight excluding hydrogens is 320 g/mol. The third-order valence-electron chi connectivity index (χ3n) is 3.48. The van der Waals surface area contributed by atoms with Crippen molar-refractivity contribution in [1.29, 1.82) is 0 Å². The molecule has 2 N–H and O–H groups in total. The van der Waals surface area contributed by atoms with E-state index < -0.39 is 4.92 Å². The molecule has 2 aromatic carbocycles. The largest absolute Gasteiger partial charge is 0.498 e. The molecule has 2 aromatic rings. The van der Waals surface area contributed by atoms with Gasteiger partial charge in [0.1, 0.15) is 12.4 Å². The van der Waals surface area contributed by atoms with Gasteiger partial charge in [-0.1, -0.05) is 12.1 Å². The lowest BCUT2D eigenvalue weighted by atomic mass is 10.1. The lowest BCUT2D eigenvalue weighted by Crippen LogP contribution is -2.02. The molecule has 0 atom stereocenters. The highest BCUT2D eigenvalue weighted by molar-refractivity contribution is 5.52. The molecule has 6 nitrogen and oxygen atoms in total. The molecule has 0 saturated heterocycles. The van der Waals surface area contributed by atoms with Gasteiger partial charge in [-0.25, -0.2) is 0 Å². The third kappa shape index (κ3) is 5.93. The van der Waals surface area contributed by atoms with Gasteiger partial charge in [0.2, 0.25) is 0 Å². The minimum atomic E-state index is -0.419. The quantitative estimate of drug-likeness (QED) is 0.424. The fourth-order valence-electron chi connectivity index (χ4n) is 2.24. The Labute approximate surface area is 147 Å². The number of hydrogen-bond acceptors (Lipinski definition) is 5. The van der Waals surface area contributed by atoms with E-state index in [1.807, 2.05) is 37.3 Å². The molecule has 0 unspecified atom stereocenters. The summed E-state index contributed by atoms with van der Waals surface area (Å²) >= 11 is 0. The van der Waals surface area contributed by atoms with E-state index in [1.54, 1.807) is 12.1 Å². The van der Waals surface area contributed by atoms with Crippen molar-refractivity contribution >= 4 is 11.8 Å². The Morgan fingerprint density at radius 1 is 1.16 bits per heavy atom. The summed E-state index contributed by atoms with van der Waals surface area (Å²) in [5.74, 6) is 1.59. The first-order valence-corrected chi connectivity index (χ1v) is 8.12. The van der Waals surface area contributed by atoms with E-state index in [0.29, 0.717) is 26.2 Å². The molecule has 0 amide bonds. The zero-order chi connectivity index (χ0) is 18.1. The normalized spacial score (nSPS) is 11.2. The Balaban J connectivity index is 1.95. The van der Waals surface area contributed by atoms with Crippen LogP contribution >= 0.6 is 0 Å². The Hall–Kier alpha value is -2.86. The number of benzene rings is 2. The summed E-state index contributed by atoms with van der Waals surface area (Å²) in [6, 6.07) is 14.0. The van der Waals surface area contributed by atoms with Crippen molar-refractivity contribution in [1.82, 2.24) is 0 Å². The monoisotopic (exact) mass is 342 g/mol. The van der Waals surface area contributed by atoms with Crippen molar-refractivity contribution in [2.24, 2.45) is 5.73 Å². The van der Waals surface area contributed by atoms with E-state index in [0.717, 1.165) is 22.6 Å². The van der Waals surface area contributed by atoms with Gasteiger partial charge in [0.15, 0.2) is 0 Å². The van der Waals surface area contributed by atoms with Crippen LogP contribution in [-0.4, -0.2) is 18.1 Å². The van der Waals surface area contributed by atoms with Gasteiger partial charge in [-0.2, -0.15) is 0 Å². The van der Waals surface area contributed by atoms with Crippen molar-refractivity contribution in [3.63, 3.8) is 0 Å². The molecule has 0 aliphatic rings. The van der Waals surface area contributed by atoms with Gasteiger partial charge in [0.25, 0.3) is 5.69 Å². The predicted molar refractivity (Wildman–Crippen MR) is 97.1 cm³/mol. The van der Waals surface area contributed by atoms with Crippen molar-refractivity contribution < 1.29 is 14.4 Å². The van der Waals surface area contributed by atoms with Gasteiger partial charge < -0.3 is 15.2 Å². The second-order valence-corrected chi connectivity index (χ2v) is 5.36. The molecule has 0 aliphatic heterocycles. The molecule has 2 rings (SSSR count). The molecule has 0 spiro atoms. The van der Waals surface area contributed by atoms with Gasteiger partial charge in [-0.3, -0.25) is 10.1 Å². The molecule has 0 radical (unpaired) electrons. The molecule has 0 fully saturated rings. The van der Waals surface area contributed by atoms with E-state index in [9.17, 15) is 10.1 Å². The molecule has 0 bridgehead atoms. The van der Waals surface area contributed by atoms with Crippen LogP contribution < -0.4 is 10.5 Å². The van der Waals surface area contributed by atoms with Crippen molar-refractivity contribution in [3.05, 3.63) is 75.5 Å². The molecule has 132 valence electrons. The van der Waals surface area contributed by atoms with Crippen molar-refractivity contribution in [2.45, 2.75) is 20.0 Å². The van der Waals surface area contributed by atoms with Crippen LogP contribution in [0.4, 0.5) is 5.69 Å². The van der Waals surface area contributed by atoms with Crippen LogP contribution in [0.3, 0.4) is 0 Å². The van der Waals surface area contributed by atoms with Crippen molar-refractivity contribution in [2.75, 3.05) is 13.2 Å². The summed E-state index contributed by atoms with van der Waals surface area (Å²) < 4.78 is 11.3. The maximum Gasteiger partial charge on any atom is 0.269 e. The first-order chi connectivity index (χ1) is 12.1. The maximum atomic E-state index is 10.6. The standard InChI is InChI=1S/C19H22N2O4/c1-2-24-19(11-12-20)13-15-5-9-18(10-6-15)25-14-16-3-7-17(8-4-16)21(22)23/h3-10,13H,2,11-12,14,20H2,1H3. The van der Waals surface area contributed by atoms with Gasteiger partial charge in [0.05, 0.1) is 17.3 Å². The number of nitrogens with two attached hydrogens (primary N) is 1. The summed E-state index contributed by atoms with van der Waals surface area (Å²) in [4.78, 5) is 10.2. The van der Waals surface area contributed by atoms with Gasteiger partial charge in [-0.15, -0.1) is 0 Å². The number of rotatable bonds is 9. The van der Waals surface area contributed by atoms with Gasteiger partial charge in [-0.05, 0) is 54.9 Å². The highest BCUT2D eigenvalue weighted by Gasteiger charge is 2.04. The van der Waals surface area contributed by atoms with Crippen LogP contribution in [0, 0.1) is 10.1 Å². The number of hydrogen-bond donors (Lipinski definition) is 1. The van der Waals surface area contributed by atoms with Crippen LogP contribution in [0.1, 0.15) is 24.5 Å². The molecule has 0 heterocycles. The minimum Gasteiger partial charge on any atom is -0.498 e. The SMILES string of the molecule is CCOC(=Cc1ccc(OCc2ccc([N+](=O)[O-])cc2)cc1)CCN. The van der Waals surface area contributed by atoms with E-state index in [1.165, 1.54) is 12.1 Å². The summed E-state index contributed by atoms with van der Waals surface area (Å²) in [7, 11) is 0. The zero-order valence-electron chi connectivity index (χ0n) is 14.2.